The average Bonchev–Trinajstić information content (AvgIpc) is 3.32. The Balaban J connectivity index is 1.88. The zero-order valence-electron chi connectivity index (χ0n) is 20.0. The molecule has 0 radical (unpaired) electrons. The fourth-order valence-electron chi connectivity index (χ4n) is 3.73. The lowest BCUT2D eigenvalue weighted by Crippen LogP contribution is -2.44. The minimum atomic E-state index is -0.308. The molecule has 1 heterocycles. The van der Waals surface area contributed by atoms with Crippen molar-refractivity contribution in [2.24, 2.45) is 5.10 Å². The molecule has 9 nitrogen and oxygen atoms in total. The molecule has 3 rings (SSSR count). The maximum atomic E-state index is 13.4. The molecule has 2 aromatic carbocycles. The number of benzene rings is 2. The van der Waals surface area contributed by atoms with Gasteiger partial charge in [0.15, 0.2) is 0 Å². The summed E-state index contributed by atoms with van der Waals surface area (Å²) in [4.78, 5) is 27.3. The van der Waals surface area contributed by atoms with Gasteiger partial charge in [-0.3, -0.25) is 9.59 Å². The SMILES string of the molecule is COCCN(CC(=O)N1N=C(c2ccc(OC)cc2)C[C@H]1c1ccc(OC)cc1)C(=O)COC. The molecule has 1 aliphatic rings. The minimum Gasteiger partial charge on any atom is -0.497 e. The molecule has 1 aliphatic heterocycles. The summed E-state index contributed by atoms with van der Waals surface area (Å²) in [5.41, 5.74) is 2.61. The molecule has 0 bridgehead atoms. The van der Waals surface area contributed by atoms with Crippen LogP contribution in [0.5, 0.6) is 11.5 Å². The molecule has 2 aromatic rings. The van der Waals surface area contributed by atoms with E-state index in [1.807, 2.05) is 48.5 Å². The van der Waals surface area contributed by atoms with Crippen LogP contribution in [0.25, 0.3) is 0 Å². The summed E-state index contributed by atoms with van der Waals surface area (Å²) in [7, 11) is 6.21. The predicted octanol–water partition coefficient (Wildman–Crippen LogP) is 2.50. The van der Waals surface area contributed by atoms with Crippen molar-refractivity contribution in [3.63, 3.8) is 0 Å². The van der Waals surface area contributed by atoms with Gasteiger partial charge < -0.3 is 23.8 Å². The molecule has 34 heavy (non-hydrogen) atoms. The summed E-state index contributed by atoms with van der Waals surface area (Å²) in [6.45, 7) is 0.350. The summed E-state index contributed by atoms with van der Waals surface area (Å²) in [5, 5.41) is 6.15. The molecule has 0 aliphatic carbocycles. The molecule has 0 saturated heterocycles. The molecule has 0 aromatic heterocycles. The van der Waals surface area contributed by atoms with Crippen LogP contribution in [0.2, 0.25) is 0 Å². The number of methoxy groups -OCH3 is 4. The Morgan fingerprint density at radius 2 is 1.56 bits per heavy atom. The van der Waals surface area contributed by atoms with Crippen LogP contribution < -0.4 is 9.47 Å². The van der Waals surface area contributed by atoms with Crippen molar-refractivity contribution in [1.29, 1.82) is 0 Å². The molecule has 182 valence electrons. The third-order valence-electron chi connectivity index (χ3n) is 5.60. The highest BCUT2D eigenvalue weighted by Crippen LogP contribution is 2.34. The number of hydrogen-bond acceptors (Lipinski definition) is 7. The second-order valence-electron chi connectivity index (χ2n) is 7.75. The first kappa shape index (κ1) is 25.2. The molecular formula is C25H31N3O6. The zero-order chi connectivity index (χ0) is 24.5. The monoisotopic (exact) mass is 469 g/mol. The van der Waals surface area contributed by atoms with E-state index in [9.17, 15) is 9.59 Å². The third kappa shape index (κ3) is 6.12. The van der Waals surface area contributed by atoms with E-state index >= 15 is 0 Å². The van der Waals surface area contributed by atoms with Gasteiger partial charge in [-0.1, -0.05) is 12.1 Å². The predicted molar refractivity (Wildman–Crippen MR) is 127 cm³/mol. The van der Waals surface area contributed by atoms with Gasteiger partial charge >= 0.3 is 0 Å². The molecule has 0 spiro atoms. The second kappa shape index (κ2) is 12.2. The van der Waals surface area contributed by atoms with Gasteiger partial charge in [0.05, 0.1) is 32.6 Å². The van der Waals surface area contributed by atoms with E-state index in [-0.39, 0.29) is 37.6 Å². The van der Waals surface area contributed by atoms with Crippen molar-refractivity contribution >= 4 is 17.5 Å². The van der Waals surface area contributed by atoms with Gasteiger partial charge in [0.2, 0.25) is 5.91 Å². The summed E-state index contributed by atoms with van der Waals surface area (Å²) >= 11 is 0. The Morgan fingerprint density at radius 3 is 2.12 bits per heavy atom. The summed E-state index contributed by atoms with van der Waals surface area (Å²) in [6, 6.07) is 14.8. The van der Waals surface area contributed by atoms with Crippen LogP contribution in [0.4, 0.5) is 0 Å². The van der Waals surface area contributed by atoms with Crippen molar-refractivity contribution in [3.8, 4) is 11.5 Å². The molecule has 0 saturated carbocycles. The van der Waals surface area contributed by atoms with Crippen molar-refractivity contribution in [1.82, 2.24) is 9.91 Å². The number of rotatable bonds is 11. The van der Waals surface area contributed by atoms with Crippen LogP contribution in [-0.4, -0.2) is 82.2 Å². The number of hydrogen-bond donors (Lipinski definition) is 0. The highest BCUT2D eigenvalue weighted by molar-refractivity contribution is 6.03. The van der Waals surface area contributed by atoms with Crippen LogP contribution in [-0.2, 0) is 19.1 Å². The summed E-state index contributed by atoms with van der Waals surface area (Å²) in [5.74, 6) is 0.900. The Labute approximate surface area is 199 Å². The van der Waals surface area contributed by atoms with Gasteiger partial charge in [0.25, 0.3) is 5.91 Å². The van der Waals surface area contributed by atoms with Gasteiger partial charge in [0.1, 0.15) is 24.7 Å². The molecule has 9 heteroatoms. The molecule has 0 fully saturated rings. The zero-order valence-corrected chi connectivity index (χ0v) is 20.0. The number of carbonyl (C=O) groups is 2. The van der Waals surface area contributed by atoms with Gasteiger partial charge in [-0.2, -0.15) is 5.10 Å². The number of carbonyl (C=O) groups excluding carboxylic acids is 2. The van der Waals surface area contributed by atoms with E-state index < -0.39 is 0 Å². The van der Waals surface area contributed by atoms with Gasteiger partial charge in [-0.15, -0.1) is 0 Å². The molecule has 0 unspecified atom stereocenters. The first-order chi connectivity index (χ1) is 16.5. The first-order valence-corrected chi connectivity index (χ1v) is 10.9. The number of ether oxygens (including phenoxy) is 4. The Morgan fingerprint density at radius 1 is 0.941 bits per heavy atom. The topological polar surface area (TPSA) is 89.9 Å². The van der Waals surface area contributed by atoms with Crippen molar-refractivity contribution in [3.05, 3.63) is 59.7 Å². The summed E-state index contributed by atoms with van der Waals surface area (Å²) in [6.07, 6.45) is 0.536. The third-order valence-corrected chi connectivity index (χ3v) is 5.60. The maximum absolute atomic E-state index is 13.4. The van der Waals surface area contributed by atoms with Crippen molar-refractivity contribution in [2.75, 3.05) is 54.7 Å². The van der Waals surface area contributed by atoms with Gasteiger partial charge in [-0.25, -0.2) is 5.01 Å². The highest BCUT2D eigenvalue weighted by atomic mass is 16.5. The van der Waals surface area contributed by atoms with E-state index in [0.29, 0.717) is 13.0 Å². The van der Waals surface area contributed by atoms with Crippen LogP contribution in [0.1, 0.15) is 23.6 Å². The standard InChI is InChI=1S/C25H31N3O6/c1-31-14-13-27(25(30)17-32-2)16-24(29)28-23(19-7-11-21(34-4)12-8-19)15-22(26-28)18-5-9-20(33-3)10-6-18/h5-12,23H,13-17H2,1-4H3/t23-/m0/s1. The van der Waals surface area contributed by atoms with Crippen LogP contribution in [0, 0.1) is 0 Å². The highest BCUT2D eigenvalue weighted by Gasteiger charge is 2.34. The largest absolute Gasteiger partial charge is 0.497 e. The molecule has 0 N–H and O–H groups in total. The number of nitrogens with zero attached hydrogens (tertiary/aromatic N) is 3. The van der Waals surface area contributed by atoms with Gasteiger partial charge in [0, 0.05) is 27.2 Å². The van der Waals surface area contributed by atoms with Crippen LogP contribution >= 0.6 is 0 Å². The Bertz CT molecular complexity index is 991. The second-order valence-corrected chi connectivity index (χ2v) is 7.75. The van der Waals surface area contributed by atoms with Gasteiger partial charge in [-0.05, 0) is 47.5 Å². The minimum absolute atomic E-state index is 0.112. The maximum Gasteiger partial charge on any atom is 0.262 e. The van der Waals surface area contributed by atoms with Crippen molar-refractivity contribution in [2.45, 2.75) is 12.5 Å². The normalized spacial score (nSPS) is 15.1. The lowest BCUT2D eigenvalue weighted by molar-refractivity contribution is -0.144. The smallest absolute Gasteiger partial charge is 0.262 e. The lowest BCUT2D eigenvalue weighted by atomic mass is 9.98. The first-order valence-electron chi connectivity index (χ1n) is 10.9. The van der Waals surface area contributed by atoms with Crippen LogP contribution in [0.15, 0.2) is 53.6 Å². The van der Waals surface area contributed by atoms with Crippen LogP contribution in [0.3, 0.4) is 0 Å². The molecular weight excluding hydrogens is 438 g/mol. The molecule has 1 atom stereocenters. The fraction of sp³-hybridized carbons (Fsp3) is 0.400. The van der Waals surface area contributed by atoms with Crippen molar-refractivity contribution < 1.29 is 28.5 Å². The van der Waals surface area contributed by atoms with E-state index in [4.69, 9.17) is 18.9 Å². The van der Waals surface area contributed by atoms with E-state index in [0.717, 1.165) is 28.3 Å². The average molecular weight is 470 g/mol. The van der Waals surface area contributed by atoms with E-state index in [1.165, 1.54) is 17.0 Å². The number of hydrazone groups is 1. The Hall–Kier alpha value is -3.43. The number of amides is 2. The fourth-order valence-corrected chi connectivity index (χ4v) is 3.73. The quantitative estimate of drug-likeness (QED) is 0.502. The van der Waals surface area contributed by atoms with E-state index in [1.54, 1.807) is 21.3 Å². The molecule has 2 amide bonds. The lowest BCUT2D eigenvalue weighted by Gasteiger charge is -2.27. The van der Waals surface area contributed by atoms with E-state index in [2.05, 4.69) is 5.10 Å². The summed E-state index contributed by atoms with van der Waals surface area (Å²) < 4.78 is 20.6. The Kier molecular flexibility index (Phi) is 9.00.